The molecule has 122 valence electrons. The lowest BCUT2D eigenvalue weighted by Gasteiger charge is -2.08. The number of nitrogens with zero attached hydrogens (tertiary/aromatic N) is 2. The molecule has 0 aliphatic rings. The Morgan fingerprint density at radius 2 is 1.96 bits per heavy atom. The van der Waals surface area contributed by atoms with Crippen LogP contribution >= 0.6 is 23.2 Å². The Morgan fingerprint density at radius 3 is 2.70 bits per heavy atom. The summed E-state index contributed by atoms with van der Waals surface area (Å²) in [6, 6.07) is 6.75. The molecular formula is C16H18Cl2N4O. The largest absolute Gasteiger partial charge is 0.351 e. The number of carbonyl (C=O) groups is 1. The lowest BCUT2D eigenvalue weighted by atomic mass is 10.2. The number of halogens is 2. The van der Waals surface area contributed by atoms with Crippen molar-refractivity contribution in [3.63, 3.8) is 0 Å². The van der Waals surface area contributed by atoms with Gasteiger partial charge in [-0.15, -0.1) is 0 Å². The van der Waals surface area contributed by atoms with E-state index in [1.807, 2.05) is 0 Å². The molecule has 2 rings (SSSR count). The number of amides is 1. The van der Waals surface area contributed by atoms with E-state index in [-0.39, 0.29) is 5.91 Å². The molecule has 2 N–H and O–H groups in total. The third-order valence-electron chi connectivity index (χ3n) is 3.16. The fraction of sp³-hybridized carbons (Fsp3) is 0.312. The van der Waals surface area contributed by atoms with Gasteiger partial charge in [-0.1, -0.05) is 43.0 Å². The van der Waals surface area contributed by atoms with Crippen molar-refractivity contribution in [2.24, 2.45) is 0 Å². The first-order valence-electron chi connectivity index (χ1n) is 7.42. The Kier molecular flexibility index (Phi) is 6.62. The molecule has 0 radical (unpaired) electrons. The van der Waals surface area contributed by atoms with E-state index < -0.39 is 0 Å². The smallest absolute Gasteiger partial charge is 0.270 e. The predicted octanol–water partition coefficient (Wildman–Crippen LogP) is 4.45. The average molecular weight is 353 g/mol. The third-order valence-corrected chi connectivity index (χ3v) is 3.90. The number of nitrogens with one attached hydrogen (secondary N) is 2. The van der Waals surface area contributed by atoms with E-state index in [1.54, 1.807) is 24.3 Å². The Morgan fingerprint density at radius 1 is 1.13 bits per heavy atom. The van der Waals surface area contributed by atoms with Gasteiger partial charge in [0.2, 0.25) is 0 Å². The first-order valence-corrected chi connectivity index (χ1v) is 8.18. The topological polar surface area (TPSA) is 66.9 Å². The molecule has 2 aromatic rings. The van der Waals surface area contributed by atoms with E-state index in [2.05, 4.69) is 27.5 Å². The maximum Gasteiger partial charge on any atom is 0.270 e. The summed E-state index contributed by atoms with van der Waals surface area (Å²) >= 11 is 11.9. The van der Waals surface area contributed by atoms with Crippen LogP contribution in [-0.2, 0) is 0 Å². The summed E-state index contributed by atoms with van der Waals surface area (Å²) in [4.78, 5) is 20.1. The summed E-state index contributed by atoms with van der Waals surface area (Å²) in [7, 11) is 0. The highest BCUT2D eigenvalue weighted by Gasteiger charge is 2.08. The fourth-order valence-corrected chi connectivity index (χ4v) is 2.24. The predicted molar refractivity (Wildman–Crippen MR) is 93.6 cm³/mol. The highest BCUT2D eigenvalue weighted by molar-refractivity contribution is 6.42. The normalized spacial score (nSPS) is 10.4. The summed E-state index contributed by atoms with van der Waals surface area (Å²) in [6.07, 6.45) is 4.51. The minimum Gasteiger partial charge on any atom is -0.351 e. The fourth-order valence-electron chi connectivity index (χ4n) is 1.94. The number of aromatic nitrogens is 2. The molecule has 1 heterocycles. The molecule has 1 aromatic heterocycles. The molecule has 0 saturated heterocycles. The minimum atomic E-state index is -0.208. The first-order chi connectivity index (χ1) is 11.1. The van der Waals surface area contributed by atoms with Gasteiger partial charge in [-0.05, 0) is 24.6 Å². The highest BCUT2D eigenvalue weighted by Crippen LogP contribution is 2.26. The van der Waals surface area contributed by atoms with Crippen LogP contribution in [0.2, 0.25) is 10.0 Å². The molecule has 5 nitrogen and oxygen atoms in total. The van der Waals surface area contributed by atoms with E-state index in [9.17, 15) is 4.79 Å². The highest BCUT2D eigenvalue weighted by atomic mass is 35.5. The summed E-state index contributed by atoms with van der Waals surface area (Å²) in [6.45, 7) is 2.76. The van der Waals surface area contributed by atoms with Crippen molar-refractivity contribution in [1.82, 2.24) is 15.3 Å². The van der Waals surface area contributed by atoms with Crippen molar-refractivity contribution in [2.45, 2.75) is 26.2 Å². The van der Waals surface area contributed by atoms with Crippen LogP contribution in [-0.4, -0.2) is 22.4 Å². The molecule has 0 aliphatic carbocycles. The first kappa shape index (κ1) is 17.5. The van der Waals surface area contributed by atoms with Crippen LogP contribution in [0.15, 0.2) is 30.6 Å². The molecule has 7 heteroatoms. The summed E-state index contributed by atoms with van der Waals surface area (Å²) < 4.78 is 0. The molecule has 0 atom stereocenters. The number of anilines is 2. The average Bonchev–Trinajstić information content (AvgIpc) is 2.55. The van der Waals surface area contributed by atoms with Crippen molar-refractivity contribution in [3.05, 3.63) is 46.3 Å². The van der Waals surface area contributed by atoms with Gasteiger partial charge < -0.3 is 10.6 Å². The van der Waals surface area contributed by atoms with E-state index in [0.29, 0.717) is 28.1 Å². The summed E-state index contributed by atoms with van der Waals surface area (Å²) in [5.74, 6) is 0.304. The molecule has 1 aromatic carbocycles. The van der Waals surface area contributed by atoms with Crippen molar-refractivity contribution < 1.29 is 4.79 Å². The number of hydrogen-bond acceptors (Lipinski definition) is 4. The summed E-state index contributed by atoms with van der Waals surface area (Å²) in [5.41, 5.74) is 1.05. The van der Waals surface area contributed by atoms with Gasteiger partial charge in [-0.2, -0.15) is 0 Å². The van der Waals surface area contributed by atoms with E-state index >= 15 is 0 Å². The van der Waals surface area contributed by atoms with E-state index in [4.69, 9.17) is 23.2 Å². The number of carbonyl (C=O) groups excluding carboxylic acids is 1. The molecule has 0 aliphatic heterocycles. The van der Waals surface area contributed by atoms with Crippen LogP contribution < -0.4 is 10.6 Å². The second kappa shape index (κ2) is 8.70. The third kappa shape index (κ3) is 5.37. The van der Waals surface area contributed by atoms with Crippen LogP contribution in [0.3, 0.4) is 0 Å². The Bertz CT molecular complexity index is 679. The second-order valence-electron chi connectivity index (χ2n) is 5.01. The molecule has 1 amide bonds. The SMILES string of the molecule is CCCCCNC(=O)c1cc(Nc2ccc(Cl)c(Cl)c2)ncn1. The van der Waals surface area contributed by atoms with Crippen molar-refractivity contribution in [3.8, 4) is 0 Å². The van der Waals surface area contributed by atoms with Crippen LogP contribution in [0.5, 0.6) is 0 Å². The van der Waals surface area contributed by atoms with Gasteiger partial charge in [0.05, 0.1) is 10.0 Å². The molecule has 23 heavy (non-hydrogen) atoms. The quantitative estimate of drug-likeness (QED) is 0.722. The van der Waals surface area contributed by atoms with Gasteiger partial charge in [0.1, 0.15) is 17.8 Å². The van der Waals surface area contributed by atoms with Gasteiger partial charge in [0.15, 0.2) is 0 Å². The van der Waals surface area contributed by atoms with Gasteiger partial charge in [0, 0.05) is 18.3 Å². The molecule has 0 unspecified atom stereocenters. The zero-order chi connectivity index (χ0) is 16.7. The molecule has 0 saturated carbocycles. The van der Waals surface area contributed by atoms with Crippen molar-refractivity contribution >= 4 is 40.6 Å². The Labute approximate surface area is 145 Å². The number of benzene rings is 1. The monoisotopic (exact) mass is 352 g/mol. The Hall–Kier alpha value is -1.85. The minimum absolute atomic E-state index is 0.208. The van der Waals surface area contributed by atoms with Gasteiger partial charge in [-0.3, -0.25) is 4.79 Å². The zero-order valence-electron chi connectivity index (χ0n) is 12.8. The maximum absolute atomic E-state index is 12.0. The van der Waals surface area contributed by atoms with Gasteiger partial charge in [0.25, 0.3) is 5.91 Å². The lowest BCUT2D eigenvalue weighted by molar-refractivity contribution is 0.0948. The lowest BCUT2D eigenvalue weighted by Crippen LogP contribution is -2.25. The van der Waals surface area contributed by atoms with Gasteiger partial charge in [-0.25, -0.2) is 9.97 Å². The van der Waals surface area contributed by atoms with Gasteiger partial charge >= 0.3 is 0 Å². The van der Waals surface area contributed by atoms with E-state index in [0.717, 1.165) is 24.9 Å². The van der Waals surface area contributed by atoms with Crippen LogP contribution in [0.1, 0.15) is 36.7 Å². The second-order valence-corrected chi connectivity index (χ2v) is 5.82. The Balaban J connectivity index is 2.01. The number of unbranched alkanes of at least 4 members (excludes halogenated alkanes) is 2. The standard InChI is InChI=1S/C16H18Cl2N4O/c1-2-3-4-7-19-16(23)14-9-15(21-10-20-14)22-11-5-6-12(17)13(18)8-11/h5-6,8-10H,2-4,7H2,1H3,(H,19,23)(H,20,21,22). The van der Waals surface area contributed by atoms with Crippen LogP contribution in [0.4, 0.5) is 11.5 Å². The molecule has 0 bridgehead atoms. The number of hydrogen-bond donors (Lipinski definition) is 2. The molecule has 0 fully saturated rings. The number of rotatable bonds is 7. The van der Waals surface area contributed by atoms with Crippen molar-refractivity contribution in [1.29, 1.82) is 0 Å². The van der Waals surface area contributed by atoms with E-state index in [1.165, 1.54) is 6.33 Å². The zero-order valence-corrected chi connectivity index (χ0v) is 14.3. The maximum atomic E-state index is 12.0. The molecular weight excluding hydrogens is 335 g/mol. The van der Waals surface area contributed by atoms with Crippen molar-refractivity contribution in [2.75, 3.05) is 11.9 Å². The van der Waals surface area contributed by atoms with Crippen LogP contribution in [0.25, 0.3) is 0 Å². The van der Waals surface area contributed by atoms with Crippen LogP contribution in [0, 0.1) is 0 Å². The summed E-state index contributed by atoms with van der Waals surface area (Å²) in [5, 5.41) is 6.84. The molecule has 0 spiro atoms.